The summed E-state index contributed by atoms with van der Waals surface area (Å²) in [5.41, 5.74) is 2.53. The van der Waals surface area contributed by atoms with Crippen LogP contribution in [0.3, 0.4) is 0 Å². The Kier molecular flexibility index (Phi) is 6.33. The number of aromatic nitrogens is 1. The maximum absolute atomic E-state index is 12.3. The molecule has 0 radical (unpaired) electrons. The highest BCUT2D eigenvalue weighted by molar-refractivity contribution is 7.16. The molecule has 0 aliphatic heterocycles. The quantitative estimate of drug-likeness (QED) is 0.627. The number of amides is 1. The van der Waals surface area contributed by atoms with Gasteiger partial charge in [0.25, 0.3) is 0 Å². The molecule has 0 aliphatic rings. The topological polar surface area (TPSA) is 68.3 Å². The highest BCUT2D eigenvalue weighted by Gasteiger charge is 2.18. The predicted molar refractivity (Wildman–Crippen MR) is 107 cm³/mol. The first-order valence-corrected chi connectivity index (χ1v) is 9.52. The van der Waals surface area contributed by atoms with Crippen molar-refractivity contribution in [2.24, 2.45) is 0 Å². The fourth-order valence-corrected chi connectivity index (χ4v) is 3.62. The van der Waals surface area contributed by atoms with Crippen LogP contribution in [0.5, 0.6) is 0 Å². The lowest BCUT2D eigenvalue weighted by Gasteiger charge is -2.02. The van der Waals surface area contributed by atoms with Gasteiger partial charge in [0.1, 0.15) is 0 Å². The van der Waals surface area contributed by atoms with Crippen LogP contribution in [0.1, 0.15) is 17.4 Å². The largest absolute Gasteiger partial charge is 0.466 e. The predicted octanol–water partition coefficient (Wildman–Crippen LogP) is 4.10. The molecule has 1 amide bonds. The zero-order valence-electron chi connectivity index (χ0n) is 15.0. The normalized spacial score (nSPS) is 10.4. The summed E-state index contributed by atoms with van der Waals surface area (Å²) in [5.74, 6) is -0.447. The van der Waals surface area contributed by atoms with E-state index in [0.717, 1.165) is 16.0 Å². The average Bonchev–Trinajstić information content (AvgIpc) is 3.05. The van der Waals surface area contributed by atoms with Crippen LogP contribution >= 0.6 is 11.3 Å². The minimum Gasteiger partial charge on any atom is -0.466 e. The van der Waals surface area contributed by atoms with Crippen molar-refractivity contribution in [2.45, 2.75) is 19.8 Å². The molecule has 2 aromatic carbocycles. The molecule has 1 heterocycles. The second kappa shape index (κ2) is 9.09. The van der Waals surface area contributed by atoms with Gasteiger partial charge < -0.3 is 10.1 Å². The van der Waals surface area contributed by atoms with Gasteiger partial charge in [0, 0.05) is 10.4 Å². The van der Waals surface area contributed by atoms with E-state index in [0.29, 0.717) is 17.4 Å². The van der Waals surface area contributed by atoms with Gasteiger partial charge in [-0.25, -0.2) is 4.98 Å². The third-order valence-corrected chi connectivity index (χ3v) is 4.78. The number of carbonyl (C=O) groups excluding carboxylic acids is 2. The lowest BCUT2D eigenvalue weighted by molar-refractivity contribution is -0.142. The SMILES string of the molecule is CCOC(=O)Cc1sc(NC(=O)Cc2ccccc2)nc1-c1ccccc1. The number of esters is 1. The van der Waals surface area contributed by atoms with Crippen LogP contribution in [0.15, 0.2) is 60.7 Å². The number of benzene rings is 2. The number of nitrogens with zero attached hydrogens (tertiary/aromatic N) is 1. The van der Waals surface area contributed by atoms with E-state index >= 15 is 0 Å². The first-order chi connectivity index (χ1) is 13.2. The number of anilines is 1. The van der Waals surface area contributed by atoms with Gasteiger partial charge >= 0.3 is 5.97 Å². The molecule has 0 spiro atoms. The maximum atomic E-state index is 12.3. The molecular weight excluding hydrogens is 360 g/mol. The Labute approximate surface area is 162 Å². The fourth-order valence-electron chi connectivity index (χ4n) is 2.63. The highest BCUT2D eigenvalue weighted by Crippen LogP contribution is 2.31. The number of hydrogen-bond donors (Lipinski definition) is 1. The molecule has 0 bridgehead atoms. The van der Waals surface area contributed by atoms with Crippen molar-refractivity contribution in [1.82, 2.24) is 4.98 Å². The van der Waals surface area contributed by atoms with Crippen LogP contribution in [-0.2, 0) is 27.2 Å². The zero-order chi connectivity index (χ0) is 19.1. The van der Waals surface area contributed by atoms with Gasteiger partial charge in [-0.05, 0) is 12.5 Å². The third-order valence-electron chi connectivity index (χ3n) is 3.81. The summed E-state index contributed by atoms with van der Waals surface area (Å²) < 4.78 is 5.06. The Hall–Kier alpha value is -2.99. The van der Waals surface area contributed by atoms with E-state index < -0.39 is 0 Å². The third kappa shape index (κ3) is 5.24. The number of hydrogen-bond acceptors (Lipinski definition) is 5. The molecule has 0 saturated carbocycles. The van der Waals surface area contributed by atoms with E-state index in [1.807, 2.05) is 60.7 Å². The number of thiazole rings is 1. The highest BCUT2D eigenvalue weighted by atomic mass is 32.1. The zero-order valence-corrected chi connectivity index (χ0v) is 15.8. The summed E-state index contributed by atoms with van der Waals surface area (Å²) in [6.07, 6.45) is 0.401. The molecule has 1 aromatic heterocycles. The smallest absolute Gasteiger partial charge is 0.311 e. The molecule has 0 unspecified atom stereocenters. The van der Waals surface area contributed by atoms with Crippen LogP contribution in [0.2, 0.25) is 0 Å². The molecule has 3 aromatic rings. The number of nitrogens with one attached hydrogen (secondary N) is 1. The van der Waals surface area contributed by atoms with Crippen molar-refractivity contribution in [1.29, 1.82) is 0 Å². The minimum absolute atomic E-state index is 0.129. The first-order valence-electron chi connectivity index (χ1n) is 8.70. The Morgan fingerprint density at radius 1 is 1.00 bits per heavy atom. The molecule has 1 N–H and O–H groups in total. The van der Waals surface area contributed by atoms with Crippen molar-refractivity contribution in [3.05, 3.63) is 71.1 Å². The molecule has 0 aliphatic carbocycles. The second-order valence-electron chi connectivity index (χ2n) is 5.85. The van der Waals surface area contributed by atoms with Gasteiger partial charge in [-0.1, -0.05) is 60.7 Å². The molecule has 0 saturated heterocycles. The molecule has 5 nitrogen and oxygen atoms in total. The van der Waals surface area contributed by atoms with E-state index in [-0.39, 0.29) is 24.7 Å². The monoisotopic (exact) mass is 380 g/mol. The lowest BCUT2D eigenvalue weighted by Crippen LogP contribution is -2.14. The Morgan fingerprint density at radius 2 is 1.67 bits per heavy atom. The summed E-state index contributed by atoms with van der Waals surface area (Å²) in [7, 11) is 0. The molecule has 27 heavy (non-hydrogen) atoms. The average molecular weight is 380 g/mol. The molecule has 0 fully saturated rings. The Bertz CT molecular complexity index is 908. The molecule has 6 heteroatoms. The van der Waals surface area contributed by atoms with Gasteiger partial charge in [0.05, 0.1) is 25.1 Å². The van der Waals surface area contributed by atoms with Crippen LogP contribution in [0.4, 0.5) is 5.13 Å². The standard InChI is InChI=1S/C21H20N2O3S/c1-2-26-19(25)14-17-20(16-11-7-4-8-12-16)23-21(27-17)22-18(24)13-15-9-5-3-6-10-15/h3-12H,2,13-14H2,1H3,(H,22,23,24). The summed E-state index contributed by atoms with van der Waals surface area (Å²) in [4.78, 5) is 29.6. The van der Waals surface area contributed by atoms with Gasteiger partial charge in [0.15, 0.2) is 5.13 Å². The second-order valence-corrected chi connectivity index (χ2v) is 6.93. The number of ether oxygens (including phenoxy) is 1. The molecular formula is C21H20N2O3S. The van der Waals surface area contributed by atoms with Crippen LogP contribution in [0, 0.1) is 0 Å². The maximum Gasteiger partial charge on any atom is 0.311 e. The van der Waals surface area contributed by atoms with E-state index in [2.05, 4.69) is 10.3 Å². The molecule has 138 valence electrons. The van der Waals surface area contributed by atoms with Crippen LogP contribution in [-0.4, -0.2) is 23.5 Å². The van der Waals surface area contributed by atoms with Crippen molar-refractivity contribution in [3.8, 4) is 11.3 Å². The van der Waals surface area contributed by atoms with Crippen molar-refractivity contribution in [2.75, 3.05) is 11.9 Å². The summed E-state index contributed by atoms with van der Waals surface area (Å²) in [5, 5.41) is 3.32. The van der Waals surface area contributed by atoms with E-state index in [1.54, 1.807) is 6.92 Å². The van der Waals surface area contributed by atoms with Gasteiger partial charge in [0.2, 0.25) is 5.91 Å². The Morgan fingerprint density at radius 3 is 2.33 bits per heavy atom. The summed E-state index contributed by atoms with van der Waals surface area (Å²) in [6.45, 7) is 2.11. The van der Waals surface area contributed by atoms with Crippen LogP contribution in [0.25, 0.3) is 11.3 Å². The first kappa shape index (κ1) is 18.8. The van der Waals surface area contributed by atoms with Crippen molar-refractivity contribution < 1.29 is 14.3 Å². The molecule has 3 rings (SSSR count). The van der Waals surface area contributed by atoms with E-state index in [1.165, 1.54) is 11.3 Å². The van der Waals surface area contributed by atoms with Gasteiger partial charge in [-0.15, -0.1) is 11.3 Å². The lowest BCUT2D eigenvalue weighted by atomic mass is 10.1. The summed E-state index contributed by atoms with van der Waals surface area (Å²) in [6, 6.07) is 19.1. The van der Waals surface area contributed by atoms with Crippen molar-refractivity contribution >= 4 is 28.3 Å². The van der Waals surface area contributed by atoms with E-state index in [4.69, 9.17) is 4.74 Å². The fraction of sp³-hybridized carbons (Fsp3) is 0.190. The van der Waals surface area contributed by atoms with Crippen molar-refractivity contribution in [3.63, 3.8) is 0 Å². The number of carbonyl (C=O) groups is 2. The van der Waals surface area contributed by atoms with Gasteiger partial charge in [-0.3, -0.25) is 9.59 Å². The molecule has 0 atom stereocenters. The summed E-state index contributed by atoms with van der Waals surface area (Å²) >= 11 is 1.30. The van der Waals surface area contributed by atoms with Gasteiger partial charge in [-0.2, -0.15) is 0 Å². The van der Waals surface area contributed by atoms with Crippen LogP contribution < -0.4 is 5.32 Å². The van der Waals surface area contributed by atoms with E-state index in [9.17, 15) is 9.59 Å². The Balaban J connectivity index is 1.80. The minimum atomic E-state index is -0.305. The number of rotatable bonds is 7.